The van der Waals surface area contributed by atoms with E-state index in [-0.39, 0.29) is 10.9 Å². The summed E-state index contributed by atoms with van der Waals surface area (Å²) in [5, 5.41) is 2.14. The molecule has 2 aliphatic rings. The van der Waals surface area contributed by atoms with Gasteiger partial charge in [0, 0.05) is 0 Å². The number of alkyl halides is 3. The zero-order valence-corrected chi connectivity index (χ0v) is 15.4. The number of benzene rings is 2. The summed E-state index contributed by atoms with van der Waals surface area (Å²) >= 11 is 0. The Hall–Kier alpha value is -2.81. The van der Waals surface area contributed by atoms with E-state index in [0.29, 0.717) is 11.1 Å². The van der Waals surface area contributed by atoms with Crippen molar-refractivity contribution in [1.82, 2.24) is 0 Å². The van der Waals surface area contributed by atoms with E-state index in [1.54, 1.807) is 36.4 Å². The van der Waals surface area contributed by atoms with Gasteiger partial charge < -0.3 is 0 Å². The molecule has 4 rings (SSSR count). The van der Waals surface area contributed by atoms with Crippen LogP contribution in [0.25, 0.3) is 38.6 Å². The summed E-state index contributed by atoms with van der Waals surface area (Å²) in [7, 11) is 0. The van der Waals surface area contributed by atoms with Crippen molar-refractivity contribution in [2.75, 3.05) is 0 Å². The van der Waals surface area contributed by atoms with Crippen molar-refractivity contribution in [3.63, 3.8) is 0 Å². The molecular formula is C24H19F3. The first-order chi connectivity index (χ1) is 12.8. The molecule has 0 nitrogen and oxygen atoms in total. The molecule has 0 amide bonds. The largest absolute Gasteiger partial charge is 0.417 e. The number of halogens is 3. The molecule has 0 unspecified atom stereocenters. The lowest BCUT2D eigenvalue weighted by molar-refractivity contribution is -0.135. The molecule has 0 spiro atoms. The lowest BCUT2D eigenvalue weighted by Gasteiger charge is -2.17. The first-order valence-electron chi connectivity index (χ1n) is 8.87. The van der Waals surface area contributed by atoms with E-state index in [1.807, 2.05) is 45.0 Å². The molecule has 136 valence electrons. The molecule has 0 N–H and O–H groups in total. The van der Waals surface area contributed by atoms with Crippen LogP contribution in [0.2, 0.25) is 0 Å². The number of aryl methyl sites for hydroxylation is 1. The van der Waals surface area contributed by atoms with Crippen LogP contribution in [0, 0.1) is 6.92 Å². The van der Waals surface area contributed by atoms with Crippen molar-refractivity contribution in [3.05, 3.63) is 77.0 Å². The zero-order chi connectivity index (χ0) is 19.3. The third kappa shape index (κ3) is 2.87. The van der Waals surface area contributed by atoms with E-state index in [2.05, 4.69) is 0 Å². The van der Waals surface area contributed by atoms with Crippen LogP contribution in [0.4, 0.5) is 13.2 Å². The minimum atomic E-state index is -4.43. The first kappa shape index (κ1) is 17.6. The highest BCUT2D eigenvalue weighted by molar-refractivity contribution is 6.06. The van der Waals surface area contributed by atoms with Crippen LogP contribution in [0.5, 0.6) is 0 Å². The molecule has 0 aliphatic heterocycles. The summed E-state index contributed by atoms with van der Waals surface area (Å²) in [6.45, 7) is 5.90. The maximum Gasteiger partial charge on any atom is 0.417 e. The highest BCUT2D eigenvalue weighted by atomic mass is 19.4. The first-order valence-corrected chi connectivity index (χ1v) is 8.87. The van der Waals surface area contributed by atoms with Gasteiger partial charge in [-0.3, -0.25) is 0 Å². The number of hydrogen-bond donors (Lipinski definition) is 0. The van der Waals surface area contributed by atoms with Gasteiger partial charge in [0.2, 0.25) is 0 Å². The second kappa shape index (κ2) is 6.12. The van der Waals surface area contributed by atoms with Crippen molar-refractivity contribution in [3.8, 4) is 22.3 Å². The van der Waals surface area contributed by atoms with Gasteiger partial charge in [-0.1, -0.05) is 54.1 Å². The van der Waals surface area contributed by atoms with Crippen molar-refractivity contribution < 1.29 is 13.2 Å². The van der Waals surface area contributed by atoms with Crippen LogP contribution in [0.1, 0.15) is 25.0 Å². The van der Waals surface area contributed by atoms with Gasteiger partial charge in [0.25, 0.3) is 0 Å². The summed E-state index contributed by atoms with van der Waals surface area (Å²) in [4.78, 5) is 0. The highest BCUT2D eigenvalue weighted by Crippen LogP contribution is 2.48. The van der Waals surface area contributed by atoms with Crippen LogP contribution in [-0.2, 0) is 6.18 Å². The predicted molar refractivity (Wildman–Crippen MR) is 106 cm³/mol. The van der Waals surface area contributed by atoms with E-state index in [4.69, 9.17) is 0 Å². The molecular weight excluding hydrogens is 345 g/mol. The van der Waals surface area contributed by atoms with Crippen LogP contribution in [0.3, 0.4) is 0 Å². The Morgan fingerprint density at radius 2 is 1.52 bits per heavy atom. The summed E-state index contributed by atoms with van der Waals surface area (Å²) in [5.41, 5.74) is 3.82. The molecule has 0 aromatic heterocycles. The number of hydrogen-bond acceptors (Lipinski definition) is 0. The van der Waals surface area contributed by atoms with E-state index in [0.717, 1.165) is 27.3 Å². The minimum Gasteiger partial charge on any atom is -0.166 e. The molecule has 3 heteroatoms. The Labute approximate surface area is 156 Å². The molecule has 2 aromatic rings. The summed E-state index contributed by atoms with van der Waals surface area (Å²) in [6.07, 6.45) is -4.43. The summed E-state index contributed by atoms with van der Waals surface area (Å²) < 4.78 is 42.4. The van der Waals surface area contributed by atoms with E-state index in [9.17, 15) is 13.2 Å². The monoisotopic (exact) mass is 364 g/mol. The third-order valence-corrected chi connectivity index (χ3v) is 5.14. The van der Waals surface area contributed by atoms with Crippen molar-refractivity contribution in [1.29, 1.82) is 0 Å². The van der Waals surface area contributed by atoms with Crippen LogP contribution >= 0.6 is 0 Å². The molecule has 0 saturated heterocycles. The lowest BCUT2D eigenvalue weighted by atomic mass is 9.91. The molecule has 0 radical (unpaired) electrons. The standard InChI is InChI=1S/C24H19F3/c1-14(2)17-9-10-18-13-20(16-7-5-4-6-8-16)23(24(25,26)27)21-11-15(3)19(12-17)22(18)21/h4-13H,1-3H3. The van der Waals surface area contributed by atoms with E-state index < -0.39 is 11.7 Å². The van der Waals surface area contributed by atoms with Gasteiger partial charge >= 0.3 is 6.18 Å². The van der Waals surface area contributed by atoms with Gasteiger partial charge in [-0.2, -0.15) is 13.2 Å². The second-order valence-electron chi connectivity index (χ2n) is 7.21. The maximum atomic E-state index is 14.1. The van der Waals surface area contributed by atoms with Crippen LogP contribution < -0.4 is 5.22 Å². The topological polar surface area (TPSA) is 0 Å². The number of rotatable bonds is 1. The van der Waals surface area contributed by atoms with Gasteiger partial charge in [-0.25, -0.2) is 0 Å². The fraction of sp³-hybridized carbons (Fsp3) is 0.167. The minimum absolute atomic E-state index is 0.229. The Balaban J connectivity index is 2.22. The molecule has 27 heavy (non-hydrogen) atoms. The molecule has 0 bridgehead atoms. The Morgan fingerprint density at radius 1 is 0.815 bits per heavy atom. The van der Waals surface area contributed by atoms with Gasteiger partial charge in [0.05, 0.1) is 5.56 Å². The van der Waals surface area contributed by atoms with Gasteiger partial charge in [-0.05, 0) is 76.7 Å². The molecule has 0 atom stereocenters. The van der Waals surface area contributed by atoms with Gasteiger partial charge in [0.15, 0.2) is 0 Å². The zero-order valence-electron chi connectivity index (χ0n) is 15.4. The molecule has 0 fully saturated rings. The molecule has 0 saturated carbocycles. The Kier molecular flexibility index (Phi) is 3.99. The quantitative estimate of drug-likeness (QED) is 0.346. The highest BCUT2D eigenvalue weighted by Gasteiger charge is 2.37. The molecule has 2 aromatic carbocycles. The average Bonchev–Trinajstić information content (AvgIpc) is 2.80. The lowest BCUT2D eigenvalue weighted by Crippen LogP contribution is -2.08. The van der Waals surface area contributed by atoms with Crippen molar-refractivity contribution in [2.24, 2.45) is 0 Å². The van der Waals surface area contributed by atoms with Crippen molar-refractivity contribution >= 4 is 16.3 Å². The predicted octanol–water partition coefficient (Wildman–Crippen LogP) is 6.85. The van der Waals surface area contributed by atoms with E-state index in [1.165, 1.54) is 0 Å². The summed E-state index contributed by atoms with van der Waals surface area (Å²) in [6, 6.07) is 18.1. The van der Waals surface area contributed by atoms with Gasteiger partial charge in [0.1, 0.15) is 0 Å². The van der Waals surface area contributed by atoms with Crippen LogP contribution in [0.15, 0.2) is 60.7 Å². The maximum absolute atomic E-state index is 14.1. The normalized spacial score (nSPS) is 12.1. The Bertz CT molecular complexity index is 1160. The van der Waals surface area contributed by atoms with Gasteiger partial charge in [-0.15, -0.1) is 0 Å². The SMILES string of the molecule is CC(C)=c1ccc2cc(-c3ccccc3)c(C(F)(F)F)c3cc(C)c(c1)-c23. The fourth-order valence-corrected chi connectivity index (χ4v) is 3.82. The smallest absolute Gasteiger partial charge is 0.166 e. The second-order valence-corrected chi connectivity index (χ2v) is 7.21. The fourth-order valence-electron chi connectivity index (χ4n) is 3.82. The van der Waals surface area contributed by atoms with Crippen LogP contribution in [-0.4, -0.2) is 0 Å². The summed E-state index contributed by atoms with van der Waals surface area (Å²) in [5.74, 6) is 0. The third-order valence-electron chi connectivity index (χ3n) is 5.14. The average molecular weight is 364 g/mol. The Morgan fingerprint density at radius 3 is 2.15 bits per heavy atom. The van der Waals surface area contributed by atoms with E-state index >= 15 is 0 Å². The molecule has 2 aliphatic carbocycles. The van der Waals surface area contributed by atoms with Crippen molar-refractivity contribution in [2.45, 2.75) is 26.9 Å². The molecule has 0 heterocycles.